The molecule has 15 heavy (non-hydrogen) atoms. The molecular weight excluding hydrogens is 204 g/mol. The van der Waals surface area contributed by atoms with Crippen LogP contribution in [0.1, 0.15) is 51.3 Å². The van der Waals surface area contributed by atoms with Crippen molar-refractivity contribution in [2.24, 2.45) is 5.92 Å². The molecule has 2 rings (SSSR count). The fourth-order valence-electron chi connectivity index (χ4n) is 2.59. The van der Waals surface area contributed by atoms with Crippen molar-refractivity contribution in [2.75, 3.05) is 0 Å². The van der Waals surface area contributed by atoms with E-state index in [1.165, 1.54) is 31.4 Å². The molecule has 0 bridgehead atoms. The topological polar surface area (TPSA) is 20.7 Å². The summed E-state index contributed by atoms with van der Waals surface area (Å²) in [5.41, 5.74) is 1.36. The van der Waals surface area contributed by atoms with E-state index in [0.717, 1.165) is 17.1 Å². The molecule has 0 aliphatic heterocycles. The average molecular weight is 224 g/mol. The standard InChI is InChI=1S/C12H20N2S/c1-3-10-8-13-12(15)14(10)11-6-4-9(2)5-7-11/h8-9,11H,3-7H2,1-2H3,(H,13,15). The van der Waals surface area contributed by atoms with Gasteiger partial charge in [0.2, 0.25) is 0 Å². The van der Waals surface area contributed by atoms with Crippen LogP contribution in [0, 0.1) is 10.7 Å². The zero-order chi connectivity index (χ0) is 10.8. The Morgan fingerprint density at radius 3 is 2.67 bits per heavy atom. The van der Waals surface area contributed by atoms with Crippen LogP contribution in [-0.4, -0.2) is 9.55 Å². The second-order valence-electron chi connectivity index (χ2n) is 4.72. The molecule has 1 N–H and O–H groups in total. The van der Waals surface area contributed by atoms with Crippen molar-refractivity contribution in [2.45, 2.75) is 52.0 Å². The number of hydrogen-bond donors (Lipinski definition) is 1. The number of nitrogens with one attached hydrogen (secondary N) is 1. The first-order valence-electron chi connectivity index (χ1n) is 6.01. The molecule has 1 aromatic heterocycles. The molecule has 84 valence electrons. The van der Waals surface area contributed by atoms with Crippen molar-refractivity contribution < 1.29 is 0 Å². The first-order valence-corrected chi connectivity index (χ1v) is 6.42. The lowest BCUT2D eigenvalue weighted by molar-refractivity contribution is 0.284. The first-order chi connectivity index (χ1) is 7.22. The van der Waals surface area contributed by atoms with E-state index < -0.39 is 0 Å². The summed E-state index contributed by atoms with van der Waals surface area (Å²) in [6.07, 6.45) is 8.42. The zero-order valence-electron chi connectivity index (χ0n) is 9.62. The summed E-state index contributed by atoms with van der Waals surface area (Å²) in [6, 6.07) is 0.648. The highest BCUT2D eigenvalue weighted by molar-refractivity contribution is 7.71. The maximum Gasteiger partial charge on any atom is 0.177 e. The van der Waals surface area contributed by atoms with Gasteiger partial charge in [-0.1, -0.05) is 13.8 Å². The van der Waals surface area contributed by atoms with Crippen molar-refractivity contribution in [3.63, 3.8) is 0 Å². The van der Waals surface area contributed by atoms with Gasteiger partial charge >= 0.3 is 0 Å². The summed E-state index contributed by atoms with van der Waals surface area (Å²) >= 11 is 5.36. The molecule has 0 saturated heterocycles. The smallest absolute Gasteiger partial charge is 0.177 e. The third kappa shape index (κ3) is 2.17. The van der Waals surface area contributed by atoms with Gasteiger partial charge in [0.05, 0.1) is 0 Å². The number of aromatic amines is 1. The van der Waals surface area contributed by atoms with Gasteiger partial charge in [-0.25, -0.2) is 0 Å². The van der Waals surface area contributed by atoms with Gasteiger partial charge in [0.1, 0.15) is 0 Å². The molecule has 3 heteroatoms. The Labute approximate surface area is 96.7 Å². The maximum absolute atomic E-state index is 5.36. The predicted molar refractivity (Wildman–Crippen MR) is 65.7 cm³/mol. The first kappa shape index (κ1) is 10.9. The Morgan fingerprint density at radius 2 is 2.07 bits per heavy atom. The molecule has 0 unspecified atom stereocenters. The van der Waals surface area contributed by atoms with Crippen LogP contribution in [0.15, 0.2) is 6.20 Å². The second-order valence-corrected chi connectivity index (χ2v) is 5.11. The molecule has 1 aliphatic carbocycles. The van der Waals surface area contributed by atoms with Crippen molar-refractivity contribution >= 4 is 12.2 Å². The minimum atomic E-state index is 0.648. The van der Waals surface area contributed by atoms with E-state index >= 15 is 0 Å². The van der Waals surface area contributed by atoms with E-state index in [4.69, 9.17) is 12.2 Å². The normalized spacial score (nSPS) is 26.8. The maximum atomic E-state index is 5.36. The molecule has 1 heterocycles. The summed E-state index contributed by atoms with van der Waals surface area (Å²) in [6.45, 7) is 4.55. The minimum Gasteiger partial charge on any atom is -0.337 e. The molecule has 1 fully saturated rings. The lowest BCUT2D eigenvalue weighted by Gasteiger charge is -2.28. The van der Waals surface area contributed by atoms with Crippen LogP contribution >= 0.6 is 12.2 Å². The van der Waals surface area contributed by atoms with E-state index in [9.17, 15) is 0 Å². The number of imidazole rings is 1. The van der Waals surface area contributed by atoms with Gasteiger partial charge in [0.25, 0.3) is 0 Å². The summed E-state index contributed by atoms with van der Waals surface area (Å²) in [5, 5.41) is 0. The minimum absolute atomic E-state index is 0.648. The summed E-state index contributed by atoms with van der Waals surface area (Å²) < 4.78 is 3.26. The van der Waals surface area contributed by atoms with Crippen LogP contribution in [0.25, 0.3) is 0 Å². The number of H-pyrrole nitrogens is 1. The molecule has 1 aliphatic rings. The van der Waals surface area contributed by atoms with Crippen molar-refractivity contribution in [1.82, 2.24) is 9.55 Å². The van der Waals surface area contributed by atoms with Crippen LogP contribution in [0.4, 0.5) is 0 Å². The van der Waals surface area contributed by atoms with Crippen LogP contribution in [0.5, 0.6) is 0 Å². The Hall–Kier alpha value is -0.570. The summed E-state index contributed by atoms with van der Waals surface area (Å²) in [4.78, 5) is 3.17. The fraction of sp³-hybridized carbons (Fsp3) is 0.750. The Morgan fingerprint density at radius 1 is 1.40 bits per heavy atom. The molecule has 0 amide bonds. The largest absolute Gasteiger partial charge is 0.337 e. The van der Waals surface area contributed by atoms with Crippen LogP contribution < -0.4 is 0 Å². The van der Waals surface area contributed by atoms with E-state index in [2.05, 4.69) is 29.6 Å². The van der Waals surface area contributed by atoms with Gasteiger partial charge in [-0.15, -0.1) is 0 Å². The second kappa shape index (κ2) is 4.52. The Balaban J connectivity index is 2.21. The van der Waals surface area contributed by atoms with E-state index in [-0.39, 0.29) is 0 Å². The molecule has 0 spiro atoms. The third-order valence-corrected chi connectivity index (χ3v) is 3.92. The Bertz CT molecular complexity index is 369. The molecule has 0 atom stereocenters. The highest BCUT2D eigenvalue weighted by atomic mass is 32.1. The third-order valence-electron chi connectivity index (χ3n) is 3.60. The molecule has 2 nitrogen and oxygen atoms in total. The quantitative estimate of drug-likeness (QED) is 0.757. The van der Waals surface area contributed by atoms with Gasteiger partial charge < -0.3 is 9.55 Å². The lowest BCUT2D eigenvalue weighted by Crippen LogP contribution is -2.18. The highest BCUT2D eigenvalue weighted by Gasteiger charge is 2.21. The van der Waals surface area contributed by atoms with Crippen LogP contribution in [0.2, 0.25) is 0 Å². The van der Waals surface area contributed by atoms with Gasteiger partial charge in [0.15, 0.2) is 4.77 Å². The van der Waals surface area contributed by atoms with Crippen LogP contribution in [-0.2, 0) is 6.42 Å². The van der Waals surface area contributed by atoms with Gasteiger partial charge in [-0.05, 0) is 50.2 Å². The highest BCUT2D eigenvalue weighted by Crippen LogP contribution is 2.32. The Kier molecular flexibility index (Phi) is 3.29. The molecule has 0 aromatic carbocycles. The monoisotopic (exact) mass is 224 g/mol. The SMILES string of the molecule is CCc1c[nH]c(=S)n1C1CCC(C)CC1. The van der Waals surface area contributed by atoms with Gasteiger partial charge in [0, 0.05) is 17.9 Å². The number of hydrogen-bond acceptors (Lipinski definition) is 1. The zero-order valence-corrected chi connectivity index (χ0v) is 10.4. The molecule has 1 aromatic rings. The van der Waals surface area contributed by atoms with Crippen molar-refractivity contribution in [3.05, 3.63) is 16.7 Å². The predicted octanol–water partition coefficient (Wildman–Crippen LogP) is 3.86. The fourth-order valence-corrected chi connectivity index (χ4v) is 2.91. The van der Waals surface area contributed by atoms with Gasteiger partial charge in [-0.2, -0.15) is 0 Å². The van der Waals surface area contributed by atoms with Crippen molar-refractivity contribution in [3.8, 4) is 0 Å². The number of nitrogens with zero attached hydrogens (tertiary/aromatic N) is 1. The van der Waals surface area contributed by atoms with Crippen LogP contribution in [0.3, 0.4) is 0 Å². The summed E-state index contributed by atoms with van der Waals surface area (Å²) in [5.74, 6) is 0.902. The van der Waals surface area contributed by atoms with Crippen molar-refractivity contribution in [1.29, 1.82) is 0 Å². The van der Waals surface area contributed by atoms with Gasteiger partial charge in [-0.3, -0.25) is 0 Å². The number of rotatable bonds is 2. The lowest BCUT2D eigenvalue weighted by atomic mass is 9.87. The van der Waals surface area contributed by atoms with E-state index in [1.807, 2.05) is 0 Å². The average Bonchev–Trinajstić information content (AvgIpc) is 2.61. The molecule has 1 saturated carbocycles. The molecular formula is C12H20N2S. The summed E-state index contributed by atoms with van der Waals surface area (Å²) in [7, 11) is 0. The molecule has 0 radical (unpaired) electrons. The number of aryl methyl sites for hydroxylation is 1. The number of aromatic nitrogens is 2. The van der Waals surface area contributed by atoms with E-state index in [1.54, 1.807) is 0 Å². The van der Waals surface area contributed by atoms with E-state index in [0.29, 0.717) is 6.04 Å².